The zero-order valence-electron chi connectivity index (χ0n) is 20.5. The fraction of sp³-hybridized carbons (Fsp3) is 0.296. The number of rotatable bonds is 6. The van der Waals surface area contributed by atoms with Crippen molar-refractivity contribution in [3.05, 3.63) is 83.7 Å². The Morgan fingerprint density at radius 1 is 1.11 bits per heavy atom. The number of carbonyl (C=O) groups is 1. The molecule has 1 saturated heterocycles. The van der Waals surface area contributed by atoms with Gasteiger partial charge in [-0.2, -0.15) is 0 Å². The van der Waals surface area contributed by atoms with Gasteiger partial charge in [0, 0.05) is 36.4 Å². The van der Waals surface area contributed by atoms with Gasteiger partial charge >= 0.3 is 0 Å². The fourth-order valence-electron chi connectivity index (χ4n) is 4.34. The largest absolute Gasteiger partial charge is 0.383 e. The van der Waals surface area contributed by atoms with E-state index in [-0.39, 0.29) is 11.9 Å². The molecule has 1 amide bonds. The van der Waals surface area contributed by atoms with Crippen molar-refractivity contribution < 1.29 is 9.53 Å². The number of nitrogen functional groups attached to an aromatic ring is 1. The van der Waals surface area contributed by atoms with Crippen molar-refractivity contribution in [2.45, 2.75) is 26.4 Å². The minimum atomic E-state index is -0.360. The van der Waals surface area contributed by atoms with Crippen LogP contribution in [0.25, 0.3) is 10.9 Å². The predicted molar refractivity (Wildman–Crippen MR) is 138 cm³/mol. The Hall–Kier alpha value is -4.11. The summed E-state index contributed by atoms with van der Waals surface area (Å²) in [6.45, 7) is 7.27. The summed E-state index contributed by atoms with van der Waals surface area (Å²) in [6, 6.07) is 12.9. The zero-order chi connectivity index (χ0) is 25.1. The van der Waals surface area contributed by atoms with Crippen LogP contribution in [0.3, 0.4) is 0 Å². The average molecular weight is 484 g/mol. The van der Waals surface area contributed by atoms with Crippen LogP contribution in [0, 0.1) is 6.92 Å². The number of nitrogens with zero attached hydrogens (tertiary/aromatic N) is 6. The first-order chi connectivity index (χ1) is 17.5. The Morgan fingerprint density at radius 3 is 2.61 bits per heavy atom. The number of nitrogens with two attached hydrogens (primary N) is 1. The van der Waals surface area contributed by atoms with Crippen LogP contribution in [-0.4, -0.2) is 57.0 Å². The van der Waals surface area contributed by atoms with Crippen molar-refractivity contribution in [3.63, 3.8) is 0 Å². The molecule has 1 atom stereocenters. The third-order valence-corrected chi connectivity index (χ3v) is 6.50. The molecule has 1 fully saturated rings. The lowest BCUT2D eigenvalue weighted by Crippen LogP contribution is -2.36. The first-order valence-corrected chi connectivity index (χ1v) is 12.0. The van der Waals surface area contributed by atoms with E-state index in [9.17, 15) is 4.79 Å². The van der Waals surface area contributed by atoms with Crippen molar-refractivity contribution >= 4 is 28.3 Å². The fourth-order valence-corrected chi connectivity index (χ4v) is 4.34. The number of benzene rings is 1. The summed E-state index contributed by atoms with van der Waals surface area (Å²) < 4.78 is 5.45. The third kappa shape index (κ3) is 4.96. The molecule has 1 unspecified atom stereocenters. The van der Waals surface area contributed by atoms with E-state index in [0.29, 0.717) is 37.0 Å². The van der Waals surface area contributed by atoms with E-state index in [1.807, 2.05) is 44.3 Å². The van der Waals surface area contributed by atoms with Gasteiger partial charge in [-0.15, -0.1) is 0 Å². The van der Waals surface area contributed by atoms with Gasteiger partial charge in [-0.3, -0.25) is 9.78 Å². The van der Waals surface area contributed by atoms with Gasteiger partial charge in [0.1, 0.15) is 11.6 Å². The summed E-state index contributed by atoms with van der Waals surface area (Å²) in [5, 5.41) is 0.865. The molecule has 1 aromatic carbocycles. The van der Waals surface area contributed by atoms with Gasteiger partial charge in [-0.25, -0.2) is 15.0 Å². The summed E-state index contributed by atoms with van der Waals surface area (Å²) in [7, 11) is 0. The van der Waals surface area contributed by atoms with Crippen LogP contribution in [0.1, 0.15) is 40.4 Å². The zero-order valence-corrected chi connectivity index (χ0v) is 20.5. The number of carbonyl (C=O) groups excluding carboxylic acids is 1. The second-order valence-corrected chi connectivity index (χ2v) is 8.92. The molecule has 36 heavy (non-hydrogen) atoms. The number of anilines is 2. The minimum Gasteiger partial charge on any atom is -0.383 e. The molecule has 1 aliphatic heterocycles. The van der Waals surface area contributed by atoms with E-state index in [0.717, 1.165) is 40.9 Å². The Bertz CT molecular complexity index is 1360. The van der Waals surface area contributed by atoms with Crippen LogP contribution in [0.5, 0.6) is 0 Å². The highest BCUT2D eigenvalue weighted by Gasteiger charge is 2.26. The quantitative estimate of drug-likeness (QED) is 0.443. The highest BCUT2D eigenvalue weighted by atomic mass is 16.5. The molecule has 184 valence electrons. The molecule has 4 heterocycles. The van der Waals surface area contributed by atoms with Crippen molar-refractivity contribution in [3.8, 4) is 0 Å². The third-order valence-electron chi connectivity index (χ3n) is 6.50. The highest BCUT2D eigenvalue weighted by Crippen LogP contribution is 2.25. The molecule has 0 bridgehead atoms. The molecule has 0 radical (unpaired) electrons. The average Bonchev–Trinajstić information content (AvgIpc) is 2.93. The molecule has 5 rings (SSSR count). The molecule has 1 aliphatic rings. The Balaban J connectivity index is 1.45. The van der Waals surface area contributed by atoms with Gasteiger partial charge in [0.25, 0.3) is 5.91 Å². The lowest BCUT2D eigenvalue weighted by atomic mass is 10.1. The monoisotopic (exact) mass is 483 g/mol. The van der Waals surface area contributed by atoms with Crippen LogP contribution < -0.4 is 10.6 Å². The molecular formula is C27H29N7O2. The Morgan fingerprint density at radius 2 is 1.89 bits per heavy atom. The second kappa shape index (κ2) is 10.2. The normalized spacial score (nSPS) is 14.6. The number of morpholine rings is 1. The van der Waals surface area contributed by atoms with Crippen LogP contribution in [0.15, 0.2) is 61.1 Å². The standard InChI is InChI=1S/C27H29N7O2/c1-18-14-21-15-20(4-7-24(21)32-25(18)28)27(35)34(19(2)26-29-8-3-9-30-26)17-22-5-6-23(16-31-22)33-10-12-36-13-11-33/h3-9,14-16,19H,10-13,17H2,1-2H3,(H2,28,32). The Labute approximate surface area is 210 Å². The summed E-state index contributed by atoms with van der Waals surface area (Å²) >= 11 is 0. The maximum Gasteiger partial charge on any atom is 0.254 e. The number of pyridine rings is 2. The number of aryl methyl sites for hydroxylation is 1. The second-order valence-electron chi connectivity index (χ2n) is 8.92. The van der Waals surface area contributed by atoms with E-state index in [2.05, 4.69) is 30.9 Å². The molecule has 2 N–H and O–H groups in total. The number of ether oxygens (including phenoxy) is 1. The van der Waals surface area contributed by atoms with Gasteiger partial charge in [0.05, 0.1) is 48.9 Å². The van der Waals surface area contributed by atoms with Gasteiger partial charge in [0.15, 0.2) is 0 Å². The van der Waals surface area contributed by atoms with Crippen molar-refractivity contribution in [1.29, 1.82) is 0 Å². The van der Waals surface area contributed by atoms with Gasteiger partial charge in [-0.05, 0) is 61.9 Å². The van der Waals surface area contributed by atoms with Gasteiger partial charge in [0.2, 0.25) is 0 Å². The minimum absolute atomic E-state index is 0.134. The summed E-state index contributed by atoms with van der Waals surface area (Å²) in [6.07, 6.45) is 5.24. The topological polar surface area (TPSA) is 110 Å². The SMILES string of the molecule is Cc1cc2cc(C(=O)N(Cc3ccc(N4CCOCC4)cn3)C(C)c3ncccn3)ccc2nc1N. The molecule has 3 aromatic heterocycles. The molecule has 0 saturated carbocycles. The lowest BCUT2D eigenvalue weighted by Gasteiger charge is -2.30. The van der Waals surface area contributed by atoms with E-state index < -0.39 is 0 Å². The number of fused-ring (bicyclic) bond motifs is 1. The lowest BCUT2D eigenvalue weighted by molar-refractivity contribution is 0.0663. The molecule has 9 heteroatoms. The molecule has 4 aromatic rings. The molecule has 0 aliphatic carbocycles. The van der Waals surface area contributed by atoms with Crippen molar-refractivity contribution in [1.82, 2.24) is 24.8 Å². The summed E-state index contributed by atoms with van der Waals surface area (Å²) in [5.41, 5.74) is 9.98. The van der Waals surface area contributed by atoms with Crippen molar-refractivity contribution in [2.24, 2.45) is 0 Å². The van der Waals surface area contributed by atoms with Crippen LogP contribution >= 0.6 is 0 Å². The van der Waals surface area contributed by atoms with Crippen LogP contribution in [-0.2, 0) is 11.3 Å². The van der Waals surface area contributed by atoms with Crippen LogP contribution in [0.2, 0.25) is 0 Å². The maximum absolute atomic E-state index is 13.8. The molecule has 0 spiro atoms. The number of hydrogen-bond donors (Lipinski definition) is 1. The van der Waals surface area contributed by atoms with E-state index >= 15 is 0 Å². The van der Waals surface area contributed by atoms with Gasteiger partial charge in [-0.1, -0.05) is 0 Å². The van der Waals surface area contributed by atoms with Gasteiger partial charge < -0.3 is 20.3 Å². The highest BCUT2D eigenvalue weighted by molar-refractivity contribution is 5.98. The first kappa shape index (κ1) is 23.6. The number of hydrogen-bond acceptors (Lipinski definition) is 8. The van der Waals surface area contributed by atoms with E-state index in [4.69, 9.17) is 10.5 Å². The number of aromatic nitrogens is 4. The van der Waals surface area contributed by atoms with E-state index in [1.54, 1.807) is 29.4 Å². The smallest absolute Gasteiger partial charge is 0.254 e. The Kier molecular flexibility index (Phi) is 6.73. The van der Waals surface area contributed by atoms with Crippen molar-refractivity contribution in [2.75, 3.05) is 36.9 Å². The molecular weight excluding hydrogens is 454 g/mol. The summed E-state index contributed by atoms with van der Waals surface area (Å²) in [5.74, 6) is 0.928. The van der Waals surface area contributed by atoms with E-state index in [1.165, 1.54) is 0 Å². The maximum atomic E-state index is 13.8. The number of amides is 1. The van der Waals surface area contributed by atoms with Crippen LogP contribution in [0.4, 0.5) is 11.5 Å². The summed E-state index contributed by atoms with van der Waals surface area (Å²) in [4.78, 5) is 35.8. The molecule has 9 nitrogen and oxygen atoms in total. The first-order valence-electron chi connectivity index (χ1n) is 12.0. The predicted octanol–water partition coefficient (Wildman–Crippen LogP) is 3.55.